The zero-order valence-corrected chi connectivity index (χ0v) is 8.44. The first-order valence-electron chi connectivity index (χ1n) is 4.40. The van der Waals surface area contributed by atoms with Crippen LogP contribution in [-0.4, -0.2) is 14.2 Å². The Morgan fingerprint density at radius 2 is 1.93 bits per heavy atom. The van der Waals surface area contributed by atoms with Gasteiger partial charge < -0.3 is 13.9 Å². The van der Waals surface area contributed by atoms with E-state index in [4.69, 9.17) is 13.9 Å². The van der Waals surface area contributed by atoms with E-state index in [0.29, 0.717) is 17.1 Å². The molecule has 0 fully saturated rings. The molecule has 1 aromatic heterocycles. The van der Waals surface area contributed by atoms with Crippen molar-refractivity contribution in [2.24, 2.45) is 0 Å². The zero-order chi connectivity index (χ0) is 10.8. The molecule has 78 valence electrons. The van der Waals surface area contributed by atoms with E-state index in [0.717, 1.165) is 5.39 Å². The maximum atomic E-state index is 11.1. The monoisotopic (exact) mass is 206 g/mol. The van der Waals surface area contributed by atoms with Crippen molar-refractivity contribution in [1.29, 1.82) is 0 Å². The van der Waals surface area contributed by atoms with Gasteiger partial charge in [-0.05, 0) is 12.1 Å². The number of methoxy groups -OCH3 is 2. The van der Waals surface area contributed by atoms with Crippen LogP contribution < -0.4 is 15.1 Å². The van der Waals surface area contributed by atoms with Gasteiger partial charge in [-0.15, -0.1) is 0 Å². The maximum absolute atomic E-state index is 11.1. The van der Waals surface area contributed by atoms with Gasteiger partial charge in [0.15, 0.2) is 11.3 Å². The fraction of sp³-hybridized carbons (Fsp3) is 0.182. The van der Waals surface area contributed by atoms with Crippen molar-refractivity contribution in [3.8, 4) is 11.5 Å². The van der Waals surface area contributed by atoms with E-state index in [-0.39, 0.29) is 0 Å². The van der Waals surface area contributed by atoms with Crippen LogP contribution in [0.5, 0.6) is 11.5 Å². The number of benzene rings is 1. The molecule has 0 spiro atoms. The van der Waals surface area contributed by atoms with Crippen molar-refractivity contribution in [3.05, 3.63) is 34.7 Å². The summed E-state index contributed by atoms with van der Waals surface area (Å²) in [5.74, 6) is 1.15. The molecule has 0 saturated carbocycles. The number of hydrogen-bond acceptors (Lipinski definition) is 4. The molecule has 1 heterocycles. The predicted molar refractivity (Wildman–Crippen MR) is 55.6 cm³/mol. The molecular weight excluding hydrogens is 196 g/mol. The minimum atomic E-state index is -0.397. The average Bonchev–Trinajstić information content (AvgIpc) is 2.27. The number of rotatable bonds is 2. The van der Waals surface area contributed by atoms with Gasteiger partial charge >= 0.3 is 5.63 Å². The summed E-state index contributed by atoms with van der Waals surface area (Å²) in [6.45, 7) is 0. The smallest absolute Gasteiger partial charge is 0.336 e. The molecule has 2 rings (SSSR count). The second-order valence-electron chi connectivity index (χ2n) is 3.00. The van der Waals surface area contributed by atoms with Crippen LogP contribution in [0, 0.1) is 0 Å². The average molecular weight is 206 g/mol. The molecule has 2 aromatic rings. The summed E-state index contributed by atoms with van der Waals surface area (Å²) < 4.78 is 15.3. The second kappa shape index (κ2) is 3.65. The number of ether oxygens (including phenoxy) is 2. The quantitative estimate of drug-likeness (QED) is 0.703. The summed E-state index contributed by atoms with van der Waals surface area (Å²) in [6, 6.07) is 6.49. The molecule has 0 atom stereocenters. The molecule has 0 radical (unpaired) electrons. The topological polar surface area (TPSA) is 48.7 Å². The van der Waals surface area contributed by atoms with Crippen LogP contribution in [0.1, 0.15) is 0 Å². The van der Waals surface area contributed by atoms with Gasteiger partial charge in [0.2, 0.25) is 0 Å². The molecule has 0 amide bonds. The van der Waals surface area contributed by atoms with E-state index in [9.17, 15) is 4.79 Å². The van der Waals surface area contributed by atoms with Crippen LogP contribution >= 0.6 is 0 Å². The standard InChI is InChI=1S/C11H10O4/c1-13-8-5-7-3-4-10(12)15-11(7)9(6-8)14-2/h3-6H,1-2H3. The van der Waals surface area contributed by atoms with Crippen LogP contribution in [-0.2, 0) is 0 Å². The molecule has 0 unspecified atom stereocenters. The molecule has 0 saturated heterocycles. The van der Waals surface area contributed by atoms with E-state index >= 15 is 0 Å². The van der Waals surface area contributed by atoms with Gasteiger partial charge in [0.25, 0.3) is 0 Å². The normalized spacial score (nSPS) is 10.3. The van der Waals surface area contributed by atoms with Gasteiger partial charge in [-0.2, -0.15) is 0 Å². The van der Waals surface area contributed by atoms with Crippen molar-refractivity contribution in [1.82, 2.24) is 0 Å². The van der Waals surface area contributed by atoms with Crippen LogP contribution in [0.4, 0.5) is 0 Å². The first kappa shape index (κ1) is 9.58. The minimum Gasteiger partial charge on any atom is -0.497 e. The molecule has 0 aliphatic carbocycles. The molecule has 15 heavy (non-hydrogen) atoms. The predicted octanol–water partition coefficient (Wildman–Crippen LogP) is 1.81. The van der Waals surface area contributed by atoms with Gasteiger partial charge in [-0.1, -0.05) is 0 Å². The van der Waals surface area contributed by atoms with Crippen molar-refractivity contribution in [2.75, 3.05) is 14.2 Å². The summed E-state index contributed by atoms with van der Waals surface area (Å²) in [5.41, 5.74) is 0.0387. The van der Waals surface area contributed by atoms with Gasteiger partial charge in [-0.3, -0.25) is 0 Å². The van der Waals surface area contributed by atoms with Gasteiger partial charge in [0.1, 0.15) is 5.75 Å². The largest absolute Gasteiger partial charge is 0.497 e. The highest BCUT2D eigenvalue weighted by Crippen LogP contribution is 2.29. The zero-order valence-electron chi connectivity index (χ0n) is 8.44. The van der Waals surface area contributed by atoms with Crippen LogP contribution in [0.3, 0.4) is 0 Å². The van der Waals surface area contributed by atoms with Gasteiger partial charge in [0, 0.05) is 17.5 Å². The highest BCUT2D eigenvalue weighted by molar-refractivity contribution is 5.84. The summed E-state index contributed by atoms with van der Waals surface area (Å²) in [6.07, 6.45) is 0. The Morgan fingerprint density at radius 1 is 1.13 bits per heavy atom. The summed E-state index contributed by atoms with van der Waals surface area (Å²) in [7, 11) is 3.08. The van der Waals surface area contributed by atoms with Gasteiger partial charge in [-0.25, -0.2) is 4.79 Å². The molecule has 0 aliphatic heterocycles. The third-order valence-corrected chi connectivity index (χ3v) is 2.11. The highest BCUT2D eigenvalue weighted by Gasteiger charge is 2.07. The Morgan fingerprint density at radius 3 is 2.60 bits per heavy atom. The van der Waals surface area contributed by atoms with E-state index in [1.54, 1.807) is 25.3 Å². The molecule has 4 heteroatoms. The molecule has 4 nitrogen and oxygen atoms in total. The Kier molecular flexibility index (Phi) is 2.33. The lowest BCUT2D eigenvalue weighted by atomic mass is 10.2. The maximum Gasteiger partial charge on any atom is 0.336 e. The third kappa shape index (κ3) is 1.66. The van der Waals surface area contributed by atoms with Crippen LogP contribution in [0.25, 0.3) is 11.0 Å². The van der Waals surface area contributed by atoms with E-state index in [1.165, 1.54) is 13.2 Å². The molecule has 1 aromatic carbocycles. The van der Waals surface area contributed by atoms with Crippen LogP contribution in [0.15, 0.2) is 33.5 Å². The lowest BCUT2D eigenvalue weighted by Crippen LogP contribution is -1.96. The summed E-state index contributed by atoms with van der Waals surface area (Å²) in [5, 5.41) is 0.769. The molecular formula is C11H10O4. The number of hydrogen-bond donors (Lipinski definition) is 0. The molecule has 0 N–H and O–H groups in total. The van der Waals surface area contributed by atoms with Gasteiger partial charge in [0.05, 0.1) is 14.2 Å². The highest BCUT2D eigenvalue weighted by atomic mass is 16.5. The fourth-order valence-corrected chi connectivity index (χ4v) is 1.39. The fourth-order valence-electron chi connectivity index (χ4n) is 1.39. The molecule has 0 aliphatic rings. The Labute approximate surface area is 86.0 Å². The molecule has 0 bridgehead atoms. The van der Waals surface area contributed by atoms with Crippen molar-refractivity contribution in [3.63, 3.8) is 0 Å². The lowest BCUT2D eigenvalue weighted by Gasteiger charge is -2.06. The van der Waals surface area contributed by atoms with Crippen LogP contribution in [0.2, 0.25) is 0 Å². The van der Waals surface area contributed by atoms with E-state index in [1.807, 2.05) is 0 Å². The van der Waals surface area contributed by atoms with E-state index in [2.05, 4.69) is 0 Å². The first-order chi connectivity index (χ1) is 7.24. The lowest BCUT2D eigenvalue weighted by molar-refractivity contribution is 0.390. The second-order valence-corrected chi connectivity index (χ2v) is 3.00. The van der Waals surface area contributed by atoms with Crippen molar-refractivity contribution >= 4 is 11.0 Å². The van der Waals surface area contributed by atoms with Crippen molar-refractivity contribution < 1.29 is 13.9 Å². The SMILES string of the molecule is COc1cc(OC)c2oc(=O)ccc2c1. The number of fused-ring (bicyclic) bond motifs is 1. The van der Waals surface area contributed by atoms with E-state index < -0.39 is 5.63 Å². The Balaban J connectivity index is 2.80. The third-order valence-electron chi connectivity index (χ3n) is 2.11. The summed E-state index contributed by atoms with van der Waals surface area (Å²) >= 11 is 0. The van der Waals surface area contributed by atoms with Crippen molar-refractivity contribution in [2.45, 2.75) is 0 Å². The Bertz CT molecular complexity index is 542. The minimum absolute atomic E-state index is 0.397. The first-order valence-corrected chi connectivity index (χ1v) is 4.40. The summed E-state index contributed by atoms with van der Waals surface area (Å²) in [4.78, 5) is 11.1. The Hall–Kier alpha value is -1.97.